The van der Waals surface area contributed by atoms with Gasteiger partial charge in [0.2, 0.25) is 11.8 Å². The summed E-state index contributed by atoms with van der Waals surface area (Å²) >= 11 is 5.73. The lowest BCUT2D eigenvalue weighted by Crippen LogP contribution is -2.26. The van der Waals surface area contributed by atoms with Gasteiger partial charge >= 0.3 is 0 Å². The fourth-order valence-corrected chi connectivity index (χ4v) is 1.62. The number of rotatable bonds is 2. The van der Waals surface area contributed by atoms with Crippen molar-refractivity contribution in [1.82, 2.24) is 9.97 Å². The number of hydrogen-bond acceptors (Lipinski definition) is 5. The fraction of sp³-hybridized carbons (Fsp3) is 0.556. The zero-order chi connectivity index (χ0) is 10.7. The number of nitrogens with two attached hydrogens (primary N) is 1. The van der Waals surface area contributed by atoms with Crippen molar-refractivity contribution < 1.29 is 9.47 Å². The maximum atomic E-state index is 5.73. The van der Waals surface area contributed by atoms with E-state index < -0.39 is 0 Å². The zero-order valence-electron chi connectivity index (χ0n) is 8.15. The van der Waals surface area contributed by atoms with Gasteiger partial charge in [-0.15, -0.1) is 0 Å². The van der Waals surface area contributed by atoms with E-state index >= 15 is 0 Å². The number of nitrogens with zero attached hydrogens (tertiary/aromatic N) is 2. The highest BCUT2D eigenvalue weighted by Gasteiger charge is 2.16. The van der Waals surface area contributed by atoms with E-state index in [0.29, 0.717) is 11.0 Å². The summed E-state index contributed by atoms with van der Waals surface area (Å²) in [6.07, 6.45) is 1.85. The van der Waals surface area contributed by atoms with Crippen LogP contribution in [-0.4, -0.2) is 29.3 Å². The molecule has 1 fully saturated rings. The summed E-state index contributed by atoms with van der Waals surface area (Å²) in [6.45, 7) is 1.44. The number of ether oxygens (including phenoxy) is 2. The van der Waals surface area contributed by atoms with Gasteiger partial charge in [-0.1, -0.05) is 11.6 Å². The van der Waals surface area contributed by atoms with Crippen LogP contribution in [0, 0.1) is 0 Å². The van der Waals surface area contributed by atoms with Gasteiger partial charge in [-0.3, -0.25) is 0 Å². The molecule has 0 bridgehead atoms. The normalized spacial score (nSPS) is 17.7. The minimum atomic E-state index is 0.129. The lowest BCUT2D eigenvalue weighted by atomic mass is 10.2. The van der Waals surface area contributed by atoms with E-state index in [1.807, 2.05) is 0 Å². The molecule has 1 aliphatic rings. The van der Waals surface area contributed by atoms with Crippen molar-refractivity contribution in [1.29, 1.82) is 0 Å². The number of aromatic nitrogens is 2. The smallest absolute Gasteiger partial charge is 0.224 e. The highest BCUT2D eigenvalue weighted by atomic mass is 35.5. The summed E-state index contributed by atoms with van der Waals surface area (Å²) in [5.74, 6) is 0.559. The number of anilines is 1. The van der Waals surface area contributed by atoms with Crippen molar-refractivity contribution >= 4 is 17.5 Å². The van der Waals surface area contributed by atoms with Gasteiger partial charge in [0.25, 0.3) is 0 Å². The Hall–Kier alpha value is -1.07. The predicted octanol–water partition coefficient (Wildman–Crippen LogP) is 1.27. The molecule has 2 N–H and O–H groups in total. The van der Waals surface area contributed by atoms with Gasteiger partial charge in [0.1, 0.15) is 11.3 Å². The molecule has 0 unspecified atom stereocenters. The van der Waals surface area contributed by atoms with Crippen LogP contribution >= 0.6 is 11.6 Å². The summed E-state index contributed by atoms with van der Waals surface area (Å²) < 4.78 is 10.8. The Balaban J connectivity index is 2.02. The SMILES string of the molecule is Nc1nc(Cl)cc(OC2CCOCC2)n1. The summed E-state index contributed by atoms with van der Waals surface area (Å²) in [6, 6.07) is 1.56. The predicted molar refractivity (Wildman–Crippen MR) is 55.9 cm³/mol. The molecule has 0 spiro atoms. The molecule has 0 radical (unpaired) electrons. The third-order valence-corrected chi connectivity index (χ3v) is 2.34. The molecule has 82 valence electrons. The molecule has 0 saturated carbocycles. The molecule has 15 heavy (non-hydrogen) atoms. The summed E-state index contributed by atoms with van der Waals surface area (Å²) in [5, 5.41) is 0.296. The average Bonchev–Trinajstić information content (AvgIpc) is 2.17. The molecule has 1 aromatic heterocycles. The lowest BCUT2D eigenvalue weighted by molar-refractivity contribution is 0.0237. The Kier molecular flexibility index (Phi) is 3.23. The van der Waals surface area contributed by atoms with Gasteiger partial charge in [-0.25, -0.2) is 4.98 Å². The molecule has 0 atom stereocenters. The second-order valence-corrected chi connectivity index (χ2v) is 3.70. The molecule has 0 aliphatic carbocycles. The van der Waals surface area contributed by atoms with Crippen molar-refractivity contribution in [2.75, 3.05) is 18.9 Å². The van der Waals surface area contributed by atoms with E-state index in [9.17, 15) is 0 Å². The van der Waals surface area contributed by atoms with Crippen LogP contribution in [0.2, 0.25) is 5.15 Å². The van der Waals surface area contributed by atoms with Crippen LogP contribution in [-0.2, 0) is 4.74 Å². The number of halogens is 1. The van der Waals surface area contributed by atoms with E-state index in [1.165, 1.54) is 0 Å². The van der Waals surface area contributed by atoms with Crippen LogP contribution in [0.15, 0.2) is 6.07 Å². The molecule has 2 heterocycles. The van der Waals surface area contributed by atoms with E-state index in [-0.39, 0.29) is 12.1 Å². The maximum absolute atomic E-state index is 5.73. The Morgan fingerprint density at radius 2 is 2.13 bits per heavy atom. The van der Waals surface area contributed by atoms with Crippen LogP contribution < -0.4 is 10.5 Å². The van der Waals surface area contributed by atoms with E-state index in [2.05, 4.69) is 9.97 Å². The Labute approximate surface area is 92.6 Å². The minimum absolute atomic E-state index is 0.129. The highest BCUT2D eigenvalue weighted by molar-refractivity contribution is 6.29. The van der Waals surface area contributed by atoms with Crippen molar-refractivity contribution in [3.63, 3.8) is 0 Å². The van der Waals surface area contributed by atoms with E-state index in [0.717, 1.165) is 26.1 Å². The molecule has 2 rings (SSSR count). The number of hydrogen-bond donors (Lipinski definition) is 1. The third-order valence-electron chi connectivity index (χ3n) is 2.14. The van der Waals surface area contributed by atoms with Gasteiger partial charge in [-0.2, -0.15) is 4.98 Å². The zero-order valence-corrected chi connectivity index (χ0v) is 8.91. The fourth-order valence-electron chi connectivity index (χ4n) is 1.44. The quantitative estimate of drug-likeness (QED) is 0.774. The first-order valence-corrected chi connectivity index (χ1v) is 5.16. The topological polar surface area (TPSA) is 70.3 Å². The Bertz CT molecular complexity index is 322. The van der Waals surface area contributed by atoms with Crippen molar-refractivity contribution in [3.05, 3.63) is 11.2 Å². The Morgan fingerprint density at radius 1 is 1.40 bits per heavy atom. The van der Waals surface area contributed by atoms with Gasteiger partial charge in [0.05, 0.1) is 13.2 Å². The summed E-state index contributed by atoms with van der Waals surface area (Å²) in [4.78, 5) is 7.70. The first-order chi connectivity index (χ1) is 7.24. The van der Waals surface area contributed by atoms with Gasteiger partial charge < -0.3 is 15.2 Å². The van der Waals surface area contributed by atoms with Crippen LogP contribution in [0.25, 0.3) is 0 Å². The molecule has 1 aromatic rings. The van der Waals surface area contributed by atoms with Crippen LogP contribution in [0.1, 0.15) is 12.8 Å². The molecule has 1 aliphatic heterocycles. The van der Waals surface area contributed by atoms with E-state index in [1.54, 1.807) is 6.07 Å². The monoisotopic (exact) mass is 229 g/mol. The van der Waals surface area contributed by atoms with E-state index in [4.69, 9.17) is 26.8 Å². The lowest BCUT2D eigenvalue weighted by Gasteiger charge is -2.22. The van der Waals surface area contributed by atoms with Gasteiger partial charge in [-0.05, 0) is 0 Å². The average molecular weight is 230 g/mol. The van der Waals surface area contributed by atoms with Crippen molar-refractivity contribution in [2.45, 2.75) is 18.9 Å². The summed E-state index contributed by atoms with van der Waals surface area (Å²) in [7, 11) is 0. The number of nitrogen functional groups attached to an aromatic ring is 1. The van der Waals surface area contributed by atoms with Crippen LogP contribution in [0.3, 0.4) is 0 Å². The molecular weight excluding hydrogens is 218 g/mol. The summed E-state index contributed by atoms with van der Waals surface area (Å²) in [5.41, 5.74) is 5.45. The maximum Gasteiger partial charge on any atom is 0.224 e. The molecular formula is C9H12ClN3O2. The highest BCUT2D eigenvalue weighted by Crippen LogP contribution is 2.19. The van der Waals surface area contributed by atoms with Gasteiger partial charge in [0, 0.05) is 18.9 Å². The minimum Gasteiger partial charge on any atom is -0.474 e. The van der Waals surface area contributed by atoms with Crippen molar-refractivity contribution in [2.24, 2.45) is 0 Å². The first-order valence-electron chi connectivity index (χ1n) is 4.78. The van der Waals surface area contributed by atoms with Crippen LogP contribution in [0.5, 0.6) is 5.88 Å². The van der Waals surface area contributed by atoms with Crippen LogP contribution in [0.4, 0.5) is 5.95 Å². The molecule has 5 nitrogen and oxygen atoms in total. The Morgan fingerprint density at radius 3 is 2.80 bits per heavy atom. The molecule has 0 amide bonds. The standard InChI is InChI=1S/C9H12ClN3O2/c10-7-5-8(13-9(11)12-7)15-6-1-3-14-4-2-6/h5-6H,1-4H2,(H2,11,12,13). The largest absolute Gasteiger partial charge is 0.474 e. The molecule has 6 heteroatoms. The molecule has 0 aromatic carbocycles. The second-order valence-electron chi connectivity index (χ2n) is 3.32. The van der Waals surface area contributed by atoms with Gasteiger partial charge in [0.15, 0.2) is 0 Å². The first kappa shape index (κ1) is 10.4. The molecule has 1 saturated heterocycles. The third kappa shape index (κ3) is 2.94. The van der Waals surface area contributed by atoms with Crippen molar-refractivity contribution in [3.8, 4) is 5.88 Å². The second kappa shape index (κ2) is 4.63.